The Kier molecular flexibility index (Phi) is 8.56. The SMILES string of the molecule is CS(=O)c1ccccc1-c1cccc2cccc(-c3ccccc3S(C)=O)c12.c1ccc2c(c1)sc1ccc3ccc4sc5ccccc5c4c3c12. The van der Waals surface area contributed by atoms with Gasteiger partial charge >= 0.3 is 0 Å². The van der Waals surface area contributed by atoms with E-state index in [2.05, 4.69) is 97.1 Å². The molecule has 8 aromatic carbocycles. The second-order valence-corrected chi connectivity index (χ2v) is 17.6. The lowest BCUT2D eigenvalue weighted by Gasteiger charge is -2.16. The number of thiophene rings is 2. The van der Waals surface area contributed by atoms with Gasteiger partial charge in [-0.05, 0) is 74.8 Å². The van der Waals surface area contributed by atoms with Crippen molar-refractivity contribution < 1.29 is 8.42 Å². The molecule has 10 aromatic rings. The standard InChI is InChI=1S/C24H20O2S2.C22H12S2/c1-27(25)22-15-5-3-11-18(22)20-13-7-9-17-10-8-14-21(24(17)20)19-12-4-6-16-23(19)28(2)26;1-3-7-16-14(5-1)21-18(23-16)11-9-13-10-12-19-22(20(13)21)15-6-2-4-8-17(15)24-19/h3-16H,1-2H3;1-12H. The molecule has 0 aliphatic carbocycles. The molecule has 10 rings (SSSR count). The van der Waals surface area contributed by atoms with Crippen LogP contribution in [0.5, 0.6) is 0 Å². The second-order valence-electron chi connectivity index (χ2n) is 12.8. The van der Waals surface area contributed by atoms with Crippen molar-refractivity contribution in [3.63, 3.8) is 0 Å². The smallest absolute Gasteiger partial charge is 0.0504 e. The summed E-state index contributed by atoms with van der Waals surface area (Å²) in [7, 11) is -2.19. The average Bonchev–Trinajstić information content (AvgIpc) is 3.76. The molecule has 0 saturated carbocycles. The fourth-order valence-corrected chi connectivity index (χ4v) is 11.3. The van der Waals surface area contributed by atoms with Crippen molar-refractivity contribution in [2.75, 3.05) is 12.5 Å². The summed E-state index contributed by atoms with van der Waals surface area (Å²) >= 11 is 3.79. The van der Waals surface area contributed by atoms with E-state index < -0.39 is 21.6 Å². The van der Waals surface area contributed by atoms with Crippen molar-refractivity contribution in [3.05, 3.63) is 158 Å². The minimum Gasteiger partial charge on any atom is -0.255 e. The average molecular weight is 745 g/mol. The lowest BCUT2D eigenvalue weighted by Crippen LogP contribution is -1.95. The van der Waals surface area contributed by atoms with Crippen LogP contribution in [-0.2, 0) is 21.6 Å². The highest BCUT2D eigenvalue weighted by Crippen LogP contribution is 2.45. The van der Waals surface area contributed by atoms with Gasteiger partial charge in [-0.2, -0.15) is 0 Å². The number of rotatable bonds is 4. The van der Waals surface area contributed by atoms with Gasteiger partial charge in [0.2, 0.25) is 0 Å². The van der Waals surface area contributed by atoms with E-state index in [0.29, 0.717) is 0 Å². The van der Waals surface area contributed by atoms with E-state index in [-0.39, 0.29) is 0 Å². The first kappa shape index (κ1) is 32.9. The maximum atomic E-state index is 12.3. The van der Waals surface area contributed by atoms with Crippen molar-refractivity contribution in [2.45, 2.75) is 9.79 Å². The predicted octanol–water partition coefficient (Wildman–Crippen LogP) is 13.2. The summed E-state index contributed by atoms with van der Waals surface area (Å²) in [5.74, 6) is 0. The summed E-state index contributed by atoms with van der Waals surface area (Å²) in [6.45, 7) is 0. The quantitative estimate of drug-likeness (QED) is 0.180. The van der Waals surface area contributed by atoms with Crippen LogP contribution in [0.1, 0.15) is 0 Å². The molecule has 0 aliphatic rings. The Morgan fingerprint density at radius 3 is 1.23 bits per heavy atom. The Bertz CT molecular complexity index is 2840. The van der Waals surface area contributed by atoms with E-state index in [9.17, 15) is 8.42 Å². The van der Waals surface area contributed by atoms with Gasteiger partial charge < -0.3 is 0 Å². The van der Waals surface area contributed by atoms with Gasteiger partial charge in [-0.1, -0.05) is 121 Å². The molecule has 0 radical (unpaired) electrons. The van der Waals surface area contributed by atoms with E-state index in [1.165, 1.54) is 51.1 Å². The third-order valence-corrected chi connectivity index (χ3v) is 14.0. The summed E-state index contributed by atoms with van der Waals surface area (Å²) in [5, 5.41) is 10.5. The maximum absolute atomic E-state index is 12.3. The summed E-state index contributed by atoms with van der Waals surface area (Å²) in [5.41, 5.74) is 4.01. The van der Waals surface area contributed by atoms with Crippen molar-refractivity contribution in [1.29, 1.82) is 0 Å². The van der Waals surface area contributed by atoms with Crippen LogP contribution in [0.2, 0.25) is 0 Å². The first-order chi connectivity index (χ1) is 25.5. The third kappa shape index (κ3) is 5.58. The Balaban J connectivity index is 0.000000140. The van der Waals surface area contributed by atoms with Crippen LogP contribution < -0.4 is 0 Å². The van der Waals surface area contributed by atoms with E-state index in [1.807, 2.05) is 83.3 Å². The topological polar surface area (TPSA) is 34.1 Å². The summed E-state index contributed by atoms with van der Waals surface area (Å²) < 4.78 is 30.2. The molecule has 0 aliphatic heterocycles. The fourth-order valence-electron chi connectivity index (χ4n) is 7.52. The third-order valence-electron chi connectivity index (χ3n) is 9.74. The first-order valence-corrected chi connectivity index (χ1v) is 21.7. The molecule has 2 atom stereocenters. The lowest BCUT2D eigenvalue weighted by atomic mass is 9.91. The second kappa shape index (κ2) is 13.5. The minimum absolute atomic E-state index is 0.817. The molecule has 0 fully saturated rings. The van der Waals surface area contributed by atoms with Crippen molar-refractivity contribution in [2.24, 2.45) is 0 Å². The van der Waals surface area contributed by atoms with Crippen molar-refractivity contribution in [1.82, 2.24) is 0 Å². The Hall–Kier alpha value is -4.98. The van der Waals surface area contributed by atoms with Gasteiger partial charge in [0.1, 0.15) is 0 Å². The first-order valence-electron chi connectivity index (χ1n) is 17.0. The van der Waals surface area contributed by atoms with Crippen molar-refractivity contribution >= 4 is 106 Å². The van der Waals surface area contributed by atoms with Gasteiger partial charge in [0.15, 0.2) is 0 Å². The van der Waals surface area contributed by atoms with Crippen LogP contribution in [0.15, 0.2) is 168 Å². The van der Waals surface area contributed by atoms with Crippen LogP contribution in [0.4, 0.5) is 0 Å². The van der Waals surface area contributed by atoms with Gasteiger partial charge in [0.05, 0.1) is 21.6 Å². The summed E-state index contributed by atoms with van der Waals surface area (Å²) in [6, 6.07) is 54.7. The number of benzene rings is 8. The highest BCUT2D eigenvalue weighted by Gasteiger charge is 2.17. The van der Waals surface area contributed by atoms with E-state index in [1.54, 1.807) is 12.5 Å². The van der Waals surface area contributed by atoms with E-state index >= 15 is 0 Å². The lowest BCUT2D eigenvalue weighted by molar-refractivity contribution is 0.686. The molecule has 0 spiro atoms. The molecule has 2 aromatic heterocycles. The molecule has 0 N–H and O–H groups in total. The Morgan fingerprint density at radius 2 is 0.750 bits per heavy atom. The maximum Gasteiger partial charge on any atom is 0.0504 e. The zero-order chi connectivity index (χ0) is 35.3. The van der Waals surface area contributed by atoms with Crippen LogP contribution in [0, 0.1) is 0 Å². The highest BCUT2D eigenvalue weighted by atomic mass is 32.2. The molecule has 0 saturated heterocycles. The molecular formula is C46H32O2S4. The van der Waals surface area contributed by atoms with Crippen molar-refractivity contribution in [3.8, 4) is 22.3 Å². The Labute approximate surface area is 314 Å². The zero-order valence-corrected chi connectivity index (χ0v) is 31.7. The van der Waals surface area contributed by atoms with Crippen LogP contribution in [0.3, 0.4) is 0 Å². The normalized spacial score (nSPS) is 12.8. The van der Waals surface area contributed by atoms with Gasteiger partial charge in [-0.15, -0.1) is 22.7 Å². The molecule has 2 nitrogen and oxygen atoms in total. The molecule has 2 unspecified atom stereocenters. The van der Waals surface area contributed by atoms with Crippen LogP contribution in [0.25, 0.3) is 84.1 Å². The van der Waals surface area contributed by atoms with E-state index in [0.717, 1.165) is 42.8 Å². The fraction of sp³-hybridized carbons (Fsp3) is 0.0435. The molecular weight excluding hydrogens is 713 g/mol. The minimum atomic E-state index is -1.10. The summed E-state index contributed by atoms with van der Waals surface area (Å²) in [6.07, 6.45) is 3.42. The zero-order valence-electron chi connectivity index (χ0n) is 28.5. The molecule has 0 bridgehead atoms. The monoisotopic (exact) mass is 744 g/mol. The van der Waals surface area contributed by atoms with Crippen LogP contribution >= 0.6 is 22.7 Å². The molecule has 0 amide bonds. The molecule has 52 heavy (non-hydrogen) atoms. The molecule has 6 heteroatoms. The van der Waals surface area contributed by atoms with Crippen LogP contribution in [-0.4, -0.2) is 20.9 Å². The molecule has 2 heterocycles. The van der Waals surface area contributed by atoms with Gasteiger partial charge in [0, 0.05) is 68.0 Å². The number of hydrogen-bond acceptors (Lipinski definition) is 4. The van der Waals surface area contributed by atoms with Gasteiger partial charge in [-0.25, -0.2) is 0 Å². The predicted molar refractivity (Wildman–Crippen MR) is 229 cm³/mol. The highest BCUT2D eigenvalue weighted by molar-refractivity contribution is 7.84. The Morgan fingerprint density at radius 1 is 0.346 bits per heavy atom. The van der Waals surface area contributed by atoms with E-state index in [4.69, 9.17) is 0 Å². The summed E-state index contributed by atoms with van der Waals surface area (Å²) in [4.78, 5) is 1.63. The number of fused-ring (bicyclic) bond motifs is 10. The molecule has 252 valence electrons. The largest absolute Gasteiger partial charge is 0.255 e. The number of hydrogen-bond donors (Lipinski definition) is 0. The van der Waals surface area contributed by atoms with Gasteiger partial charge in [-0.3, -0.25) is 8.42 Å². The van der Waals surface area contributed by atoms with Gasteiger partial charge in [0.25, 0.3) is 0 Å².